The monoisotopic (exact) mass is 400 g/mol. The van der Waals surface area contributed by atoms with Crippen molar-refractivity contribution in [2.45, 2.75) is 34.6 Å². The fourth-order valence-corrected chi connectivity index (χ4v) is 3.16. The van der Waals surface area contributed by atoms with Crippen LogP contribution in [0.5, 0.6) is 0 Å². The van der Waals surface area contributed by atoms with Crippen LogP contribution in [0.1, 0.15) is 43.7 Å². The summed E-state index contributed by atoms with van der Waals surface area (Å²) in [6, 6.07) is 10.2. The lowest BCUT2D eigenvalue weighted by atomic mass is 9.95. The maximum absolute atomic E-state index is 12.6. The van der Waals surface area contributed by atoms with Gasteiger partial charge in [0.25, 0.3) is 0 Å². The van der Waals surface area contributed by atoms with Crippen molar-refractivity contribution < 1.29 is 9.53 Å². The predicted molar refractivity (Wildman–Crippen MR) is 109 cm³/mol. The van der Waals surface area contributed by atoms with Gasteiger partial charge < -0.3 is 4.74 Å². The molecule has 25 heavy (non-hydrogen) atoms. The molecule has 0 aliphatic heterocycles. The van der Waals surface area contributed by atoms with Crippen LogP contribution in [0.2, 0.25) is 0 Å². The van der Waals surface area contributed by atoms with Gasteiger partial charge in [0.1, 0.15) is 6.61 Å². The molecule has 2 aromatic rings. The van der Waals surface area contributed by atoms with Crippen molar-refractivity contribution >= 4 is 27.5 Å². The Morgan fingerprint density at radius 3 is 2.24 bits per heavy atom. The number of hydrogen-bond acceptors (Lipinski definition) is 2. The van der Waals surface area contributed by atoms with Crippen molar-refractivity contribution in [1.29, 1.82) is 0 Å². The highest BCUT2D eigenvalue weighted by molar-refractivity contribution is 9.09. The molecule has 0 bridgehead atoms. The highest BCUT2D eigenvalue weighted by atomic mass is 79.9. The van der Waals surface area contributed by atoms with Crippen LogP contribution >= 0.6 is 15.9 Å². The number of ether oxygens (including phenoxy) is 1. The molecule has 0 atom stereocenters. The van der Waals surface area contributed by atoms with E-state index in [2.05, 4.69) is 61.0 Å². The van der Waals surface area contributed by atoms with E-state index in [9.17, 15) is 4.79 Å². The Balaban J connectivity index is 2.20. The quantitative estimate of drug-likeness (QED) is 0.463. The van der Waals surface area contributed by atoms with E-state index in [1.807, 2.05) is 26.0 Å². The number of hydrogen-bond donors (Lipinski definition) is 0. The first-order chi connectivity index (χ1) is 11.8. The fraction of sp³-hybridized carbons (Fsp3) is 0.318. The Labute approximate surface area is 159 Å². The first-order valence-electron chi connectivity index (χ1n) is 8.41. The summed E-state index contributed by atoms with van der Waals surface area (Å²) >= 11 is 3.44. The van der Waals surface area contributed by atoms with Gasteiger partial charge in [0.15, 0.2) is 0 Å². The van der Waals surface area contributed by atoms with Crippen molar-refractivity contribution in [3.63, 3.8) is 0 Å². The first kappa shape index (κ1) is 19.5. The molecule has 0 spiro atoms. The van der Waals surface area contributed by atoms with Crippen molar-refractivity contribution in [2.75, 3.05) is 11.9 Å². The Kier molecular flexibility index (Phi) is 6.60. The molecule has 132 valence electrons. The minimum atomic E-state index is -0.267. The summed E-state index contributed by atoms with van der Waals surface area (Å²) in [5.41, 5.74) is 8.44. The number of halogens is 1. The first-order valence-corrected chi connectivity index (χ1v) is 9.53. The molecule has 0 fully saturated rings. The van der Waals surface area contributed by atoms with Crippen LogP contribution in [0.15, 0.2) is 36.4 Å². The second-order valence-electron chi connectivity index (χ2n) is 6.44. The van der Waals surface area contributed by atoms with Gasteiger partial charge in [0.2, 0.25) is 0 Å². The van der Waals surface area contributed by atoms with Gasteiger partial charge in [-0.1, -0.05) is 51.8 Å². The van der Waals surface area contributed by atoms with E-state index >= 15 is 0 Å². The lowest BCUT2D eigenvalue weighted by Gasteiger charge is -2.15. The highest BCUT2D eigenvalue weighted by Crippen LogP contribution is 2.23. The van der Waals surface area contributed by atoms with Crippen LogP contribution in [0.3, 0.4) is 0 Å². The third kappa shape index (κ3) is 4.60. The zero-order valence-electron chi connectivity index (χ0n) is 15.6. The van der Waals surface area contributed by atoms with Crippen LogP contribution in [-0.4, -0.2) is 17.9 Å². The van der Waals surface area contributed by atoms with Gasteiger partial charge in [-0.25, -0.2) is 4.79 Å². The van der Waals surface area contributed by atoms with Crippen molar-refractivity contribution in [3.05, 3.63) is 75.4 Å². The minimum absolute atomic E-state index is 0.263. The lowest BCUT2D eigenvalue weighted by Crippen LogP contribution is -2.11. The van der Waals surface area contributed by atoms with E-state index in [4.69, 9.17) is 4.74 Å². The van der Waals surface area contributed by atoms with Gasteiger partial charge in [-0.05, 0) is 74.1 Å². The molecule has 0 unspecified atom stereocenters. The molecule has 0 aliphatic rings. The van der Waals surface area contributed by atoms with Crippen molar-refractivity contribution in [1.82, 2.24) is 0 Å². The molecule has 3 heteroatoms. The van der Waals surface area contributed by atoms with Crippen LogP contribution in [0.25, 0.3) is 5.57 Å². The molecule has 0 heterocycles. The van der Waals surface area contributed by atoms with Gasteiger partial charge in [-0.2, -0.15) is 0 Å². The summed E-state index contributed by atoms with van der Waals surface area (Å²) in [7, 11) is 0. The van der Waals surface area contributed by atoms with E-state index < -0.39 is 0 Å². The summed E-state index contributed by atoms with van der Waals surface area (Å²) in [5.74, 6) is -0.267. The average Bonchev–Trinajstić information content (AvgIpc) is 2.60. The Hall–Kier alpha value is -1.87. The summed E-state index contributed by atoms with van der Waals surface area (Å²) in [5, 5.41) is 0.718. The summed E-state index contributed by atoms with van der Waals surface area (Å²) in [6.45, 7) is 10.5. The normalized spacial score (nSPS) is 11.5. The largest absolute Gasteiger partial charge is 0.457 e. The van der Waals surface area contributed by atoms with Crippen LogP contribution < -0.4 is 0 Å². The zero-order chi connectivity index (χ0) is 18.6. The molecule has 0 amide bonds. The summed E-state index contributed by atoms with van der Waals surface area (Å²) in [4.78, 5) is 12.6. The van der Waals surface area contributed by atoms with Gasteiger partial charge in [-0.3, -0.25) is 0 Å². The zero-order valence-corrected chi connectivity index (χ0v) is 17.2. The Bertz CT molecular complexity index is 802. The number of carbonyl (C=O) groups is 1. The van der Waals surface area contributed by atoms with Crippen LogP contribution in [0, 0.1) is 34.6 Å². The van der Waals surface area contributed by atoms with E-state index in [1.165, 1.54) is 11.1 Å². The Morgan fingerprint density at radius 1 is 1.00 bits per heavy atom. The average molecular weight is 401 g/mol. The number of benzene rings is 2. The molecule has 0 saturated carbocycles. The molecule has 0 aromatic heterocycles. The Morgan fingerprint density at radius 2 is 1.64 bits per heavy atom. The van der Waals surface area contributed by atoms with Crippen LogP contribution in [-0.2, 0) is 4.74 Å². The smallest absolute Gasteiger partial charge is 0.338 e. The maximum atomic E-state index is 12.6. The number of allylic oxidation sites excluding steroid dienone is 1. The number of aryl methyl sites for hydroxylation is 2. The molecule has 0 saturated heterocycles. The molecular formula is C22H25BrO2. The predicted octanol–water partition coefficient (Wildman–Crippen LogP) is 5.86. The molecule has 2 aromatic carbocycles. The van der Waals surface area contributed by atoms with E-state index in [0.29, 0.717) is 5.56 Å². The third-order valence-corrected chi connectivity index (χ3v) is 5.13. The standard InChI is InChI=1S/C22H25BrO2/c1-14-6-8-19(9-7-14)20(10-11-23)13-25-22(24)21-12-15(2)16(3)17(4)18(21)5/h6-10,12H,11,13H2,1-5H3. The lowest BCUT2D eigenvalue weighted by molar-refractivity contribution is 0.0555. The summed E-state index contributed by atoms with van der Waals surface area (Å²) < 4.78 is 5.63. The van der Waals surface area contributed by atoms with Gasteiger partial charge in [0.05, 0.1) is 5.56 Å². The summed E-state index contributed by atoms with van der Waals surface area (Å²) in [6.07, 6.45) is 2.04. The molecule has 0 aliphatic carbocycles. The van der Waals surface area contributed by atoms with Gasteiger partial charge in [0, 0.05) is 5.33 Å². The van der Waals surface area contributed by atoms with E-state index in [1.54, 1.807) is 0 Å². The highest BCUT2D eigenvalue weighted by Gasteiger charge is 2.16. The molecule has 0 N–H and O–H groups in total. The molecule has 2 nitrogen and oxygen atoms in total. The fourth-order valence-electron chi connectivity index (χ4n) is 2.77. The number of rotatable bonds is 5. The number of carbonyl (C=O) groups excluding carboxylic acids is 1. The van der Waals surface area contributed by atoms with Gasteiger partial charge >= 0.3 is 5.97 Å². The molecular weight excluding hydrogens is 376 g/mol. The van der Waals surface area contributed by atoms with Crippen molar-refractivity contribution in [2.24, 2.45) is 0 Å². The van der Waals surface area contributed by atoms with E-state index in [0.717, 1.165) is 33.2 Å². The van der Waals surface area contributed by atoms with Crippen LogP contribution in [0.4, 0.5) is 0 Å². The number of alkyl halides is 1. The molecule has 0 radical (unpaired) electrons. The second kappa shape index (κ2) is 8.48. The second-order valence-corrected chi connectivity index (χ2v) is 7.09. The SMILES string of the molecule is Cc1ccc(C(=CCBr)COC(=O)c2cc(C)c(C)c(C)c2C)cc1. The minimum Gasteiger partial charge on any atom is -0.457 e. The third-order valence-electron chi connectivity index (χ3n) is 4.81. The maximum Gasteiger partial charge on any atom is 0.338 e. The van der Waals surface area contributed by atoms with Crippen molar-refractivity contribution in [3.8, 4) is 0 Å². The topological polar surface area (TPSA) is 26.3 Å². The molecule has 2 rings (SSSR count). The van der Waals surface area contributed by atoms with Gasteiger partial charge in [-0.15, -0.1) is 0 Å². The van der Waals surface area contributed by atoms with E-state index in [-0.39, 0.29) is 12.6 Å². The number of esters is 1.